The Balaban J connectivity index is 2.57. The molecule has 0 aliphatic rings. The average molecular weight is 222 g/mol. The Morgan fingerprint density at radius 2 is 1.88 bits per heavy atom. The van der Waals surface area contributed by atoms with Crippen molar-refractivity contribution < 1.29 is 14.4 Å². The zero-order valence-corrected chi connectivity index (χ0v) is 10.0. The van der Waals surface area contributed by atoms with Crippen molar-refractivity contribution in [3.63, 3.8) is 0 Å². The van der Waals surface area contributed by atoms with E-state index in [2.05, 4.69) is 0 Å². The zero-order valence-electron chi connectivity index (χ0n) is 10.0. The highest BCUT2D eigenvalue weighted by Crippen LogP contribution is 2.06. The van der Waals surface area contributed by atoms with Crippen LogP contribution in [-0.2, 0) is 0 Å². The molecule has 0 amide bonds. The van der Waals surface area contributed by atoms with Gasteiger partial charge in [-0.05, 0) is 0 Å². The van der Waals surface area contributed by atoms with Gasteiger partial charge in [0.25, 0.3) is 0 Å². The Morgan fingerprint density at radius 1 is 1.25 bits per heavy atom. The fourth-order valence-corrected chi connectivity index (χ4v) is 1.68. The van der Waals surface area contributed by atoms with Crippen LogP contribution in [0.5, 0.6) is 0 Å². The van der Waals surface area contributed by atoms with Gasteiger partial charge in [-0.2, -0.15) is 0 Å². The van der Waals surface area contributed by atoms with Gasteiger partial charge in [0.1, 0.15) is 6.54 Å². The van der Waals surface area contributed by atoms with E-state index in [0.29, 0.717) is 11.0 Å². The third-order valence-electron chi connectivity index (χ3n) is 2.59. The number of rotatable bonds is 6. The lowest BCUT2D eigenvalue weighted by Crippen LogP contribution is -2.44. The molecule has 16 heavy (non-hydrogen) atoms. The summed E-state index contributed by atoms with van der Waals surface area (Å²) < 4.78 is 0.619. The van der Waals surface area contributed by atoms with Crippen molar-refractivity contribution in [3.05, 3.63) is 35.9 Å². The number of ketones is 1. The molecule has 1 rings (SSSR count). The van der Waals surface area contributed by atoms with Crippen LogP contribution in [0.2, 0.25) is 0 Å². The molecule has 0 radical (unpaired) electrons. The second kappa shape index (κ2) is 5.77. The Morgan fingerprint density at radius 3 is 2.44 bits per heavy atom. The topological polar surface area (TPSA) is 37.3 Å². The summed E-state index contributed by atoms with van der Waals surface area (Å²) in [6.45, 7) is 1.47. The number of hydrogen-bond acceptors (Lipinski definition) is 2. The van der Waals surface area contributed by atoms with E-state index < -0.39 is 0 Å². The van der Waals surface area contributed by atoms with Crippen molar-refractivity contribution >= 4 is 5.78 Å². The molecule has 1 N–H and O–H groups in total. The van der Waals surface area contributed by atoms with Crippen LogP contribution in [0.4, 0.5) is 0 Å². The lowest BCUT2D eigenvalue weighted by Gasteiger charge is -2.28. The molecule has 0 saturated carbocycles. The summed E-state index contributed by atoms with van der Waals surface area (Å²) in [4.78, 5) is 11.9. The van der Waals surface area contributed by atoms with Crippen molar-refractivity contribution in [1.82, 2.24) is 0 Å². The van der Waals surface area contributed by atoms with Gasteiger partial charge in [0.15, 0.2) is 0 Å². The number of likely N-dealkylation sites (N-methyl/N-ethyl adjacent to an activating group) is 1. The molecule has 0 aromatic heterocycles. The van der Waals surface area contributed by atoms with Gasteiger partial charge < -0.3 is 9.59 Å². The summed E-state index contributed by atoms with van der Waals surface area (Å²) in [7, 11) is 4.02. The molecule has 3 heteroatoms. The maximum absolute atomic E-state index is 11.9. The Bertz CT molecular complexity index is 333. The summed E-state index contributed by atoms with van der Waals surface area (Å²) in [6.07, 6.45) is 0.731. The van der Waals surface area contributed by atoms with Crippen LogP contribution in [0.1, 0.15) is 16.8 Å². The molecular weight excluding hydrogens is 202 g/mol. The summed E-state index contributed by atoms with van der Waals surface area (Å²) in [6, 6.07) is 9.34. The van der Waals surface area contributed by atoms with E-state index in [1.807, 2.05) is 44.4 Å². The maximum atomic E-state index is 11.9. The second-order valence-corrected chi connectivity index (χ2v) is 4.68. The number of benzene rings is 1. The first-order valence-electron chi connectivity index (χ1n) is 5.56. The van der Waals surface area contributed by atoms with Gasteiger partial charge in [0, 0.05) is 18.6 Å². The number of nitrogens with zero attached hydrogens (tertiary/aromatic N) is 1. The lowest BCUT2D eigenvalue weighted by molar-refractivity contribution is -0.882. The van der Waals surface area contributed by atoms with Crippen molar-refractivity contribution in [2.24, 2.45) is 0 Å². The standard InChI is InChI=1S/C13H20NO2/c1-14(2,9-6-10-15)11-13(16)12-7-4-3-5-8-12/h3-5,7-8,15H,6,9-11H2,1-2H3/q+1. The summed E-state index contributed by atoms with van der Waals surface area (Å²) in [5, 5.41) is 8.79. The van der Waals surface area contributed by atoms with Gasteiger partial charge in [-0.15, -0.1) is 0 Å². The molecule has 0 saturated heterocycles. The molecule has 0 fully saturated rings. The smallest absolute Gasteiger partial charge is 0.216 e. The molecular formula is C13H20NO2+. The number of Topliss-reactive ketones (excluding diaryl/α,β-unsaturated/α-hetero) is 1. The summed E-state index contributed by atoms with van der Waals surface area (Å²) >= 11 is 0. The molecule has 1 aromatic rings. The van der Waals surface area contributed by atoms with Gasteiger partial charge in [0.05, 0.1) is 20.6 Å². The summed E-state index contributed by atoms with van der Waals surface area (Å²) in [5.74, 6) is 0.156. The predicted molar refractivity (Wildman–Crippen MR) is 64.3 cm³/mol. The van der Waals surface area contributed by atoms with E-state index >= 15 is 0 Å². The quantitative estimate of drug-likeness (QED) is 0.582. The van der Waals surface area contributed by atoms with Crippen molar-refractivity contribution in [2.75, 3.05) is 33.8 Å². The van der Waals surface area contributed by atoms with Crippen molar-refractivity contribution in [2.45, 2.75) is 6.42 Å². The number of hydrogen-bond donors (Lipinski definition) is 1. The average Bonchev–Trinajstić information content (AvgIpc) is 2.27. The van der Waals surface area contributed by atoms with Crippen molar-refractivity contribution in [3.8, 4) is 0 Å². The number of aliphatic hydroxyl groups excluding tert-OH is 1. The molecule has 0 aliphatic heterocycles. The van der Waals surface area contributed by atoms with Gasteiger partial charge in [-0.25, -0.2) is 0 Å². The van der Waals surface area contributed by atoms with Gasteiger partial charge in [-0.3, -0.25) is 4.79 Å². The maximum Gasteiger partial charge on any atom is 0.216 e. The van der Waals surface area contributed by atoms with Crippen LogP contribution < -0.4 is 0 Å². The molecule has 0 bridgehead atoms. The minimum Gasteiger partial charge on any atom is -0.396 e. The molecule has 0 heterocycles. The third-order valence-corrected chi connectivity index (χ3v) is 2.59. The highest BCUT2D eigenvalue weighted by molar-refractivity contribution is 5.96. The highest BCUT2D eigenvalue weighted by Gasteiger charge is 2.20. The highest BCUT2D eigenvalue weighted by atomic mass is 16.3. The molecule has 0 aliphatic carbocycles. The fourth-order valence-electron chi connectivity index (χ4n) is 1.68. The molecule has 0 unspecified atom stereocenters. The largest absolute Gasteiger partial charge is 0.396 e. The van der Waals surface area contributed by atoms with Crippen LogP contribution in [0.25, 0.3) is 0 Å². The Labute approximate surface area is 96.9 Å². The number of carbonyl (C=O) groups is 1. The van der Waals surface area contributed by atoms with Crippen LogP contribution in [0.15, 0.2) is 30.3 Å². The molecule has 0 atom stereocenters. The van der Waals surface area contributed by atoms with E-state index in [0.717, 1.165) is 18.5 Å². The third kappa shape index (κ3) is 4.13. The second-order valence-electron chi connectivity index (χ2n) is 4.68. The SMILES string of the molecule is C[N+](C)(CCCO)CC(=O)c1ccccc1. The number of aliphatic hydroxyl groups is 1. The van der Waals surface area contributed by atoms with E-state index in [9.17, 15) is 4.79 Å². The van der Waals surface area contributed by atoms with E-state index in [1.54, 1.807) is 0 Å². The van der Waals surface area contributed by atoms with E-state index in [1.165, 1.54) is 0 Å². The predicted octanol–water partition coefficient (Wildman–Crippen LogP) is 1.33. The molecule has 1 aromatic carbocycles. The first-order chi connectivity index (χ1) is 7.55. The van der Waals surface area contributed by atoms with Crippen LogP contribution >= 0.6 is 0 Å². The fraction of sp³-hybridized carbons (Fsp3) is 0.462. The monoisotopic (exact) mass is 222 g/mol. The first-order valence-corrected chi connectivity index (χ1v) is 5.56. The first kappa shape index (κ1) is 12.9. The minimum atomic E-state index is 0.156. The number of quaternary nitrogens is 1. The zero-order chi connectivity index (χ0) is 12.0. The van der Waals surface area contributed by atoms with Crippen molar-refractivity contribution in [1.29, 1.82) is 0 Å². The number of carbonyl (C=O) groups excluding carboxylic acids is 1. The van der Waals surface area contributed by atoms with Gasteiger partial charge in [-0.1, -0.05) is 30.3 Å². The molecule has 88 valence electrons. The lowest BCUT2D eigenvalue weighted by atomic mass is 10.1. The minimum absolute atomic E-state index is 0.156. The van der Waals surface area contributed by atoms with E-state index in [4.69, 9.17) is 5.11 Å². The van der Waals surface area contributed by atoms with E-state index in [-0.39, 0.29) is 12.4 Å². The Kier molecular flexibility index (Phi) is 4.65. The Hall–Kier alpha value is -1.19. The van der Waals surface area contributed by atoms with Crippen LogP contribution in [0.3, 0.4) is 0 Å². The normalized spacial score (nSPS) is 11.4. The van der Waals surface area contributed by atoms with Crippen LogP contribution in [0, 0.1) is 0 Å². The summed E-state index contributed by atoms with van der Waals surface area (Å²) in [5.41, 5.74) is 0.762. The van der Waals surface area contributed by atoms with Gasteiger partial charge >= 0.3 is 0 Å². The molecule has 3 nitrogen and oxygen atoms in total. The van der Waals surface area contributed by atoms with Gasteiger partial charge in [0.2, 0.25) is 5.78 Å². The van der Waals surface area contributed by atoms with Crippen LogP contribution in [-0.4, -0.2) is 49.2 Å². The molecule has 0 spiro atoms.